The van der Waals surface area contributed by atoms with Crippen molar-refractivity contribution in [2.24, 2.45) is 0 Å². The number of carbonyl (C=O) groups excluding carboxylic acids is 1. The lowest BCUT2D eigenvalue weighted by molar-refractivity contribution is -0.129. The van der Waals surface area contributed by atoms with Gasteiger partial charge in [-0.1, -0.05) is 6.07 Å². The average molecular weight is 278 g/mol. The summed E-state index contributed by atoms with van der Waals surface area (Å²) in [6, 6.07) is 3.63. The molecule has 0 spiro atoms. The molecule has 1 saturated heterocycles. The van der Waals surface area contributed by atoms with Gasteiger partial charge in [-0.25, -0.2) is 4.98 Å². The van der Waals surface area contributed by atoms with Crippen LogP contribution in [0.2, 0.25) is 0 Å². The Kier molecular flexibility index (Phi) is 4.92. The summed E-state index contributed by atoms with van der Waals surface area (Å²) >= 11 is 0. The van der Waals surface area contributed by atoms with Crippen molar-refractivity contribution in [1.29, 1.82) is 0 Å². The first-order valence-electron chi connectivity index (χ1n) is 6.83. The molecule has 2 N–H and O–H groups in total. The van der Waals surface area contributed by atoms with Gasteiger partial charge in [0, 0.05) is 33.4 Å². The van der Waals surface area contributed by atoms with Gasteiger partial charge in [-0.05, 0) is 18.6 Å². The van der Waals surface area contributed by atoms with Crippen molar-refractivity contribution >= 4 is 11.7 Å². The molecule has 2 rings (SSSR count). The highest BCUT2D eigenvalue weighted by molar-refractivity contribution is 5.82. The van der Waals surface area contributed by atoms with Crippen LogP contribution in [0.5, 0.6) is 0 Å². The molecule has 1 aliphatic heterocycles. The summed E-state index contributed by atoms with van der Waals surface area (Å²) in [4.78, 5) is 18.3. The maximum Gasteiger partial charge on any atom is 0.240 e. The number of amides is 1. The van der Waals surface area contributed by atoms with E-state index in [0.717, 1.165) is 11.4 Å². The third-order valence-electron chi connectivity index (χ3n) is 3.33. The highest BCUT2D eigenvalue weighted by Gasteiger charge is 2.27. The zero-order valence-corrected chi connectivity index (χ0v) is 12.2. The van der Waals surface area contributed by atoms with Gasteiger partial charge in [0.05, 0.1) is 12.7 Å². The molecule has 0 aromatic carbocycles. The second-order valence-corrected chi connectivity index (χ2v) is 5.14. The van der Waals surface area contributed by atoms with Gasteiger partial charge >= 0.3 is 0 Å². The molecule has 1 aliphatic rings. The molecule has 0 radical (unpaired) electrons. The topological polar surface area (TPSA) is 66.5 Å². The summed E-state index contributed by atoms with van der Waals surface area (Å²) in [6.07, 6.45) is 1.68. The molecule has 20 heavy (non-hydrogen) atoms. The maximum absolute atomic E-state index is 12.1. The summed E-state index contributed by atoms with van der Waals surface area (Å²) < 4.78 is 5.46. The van der Waals surface area contributed by atoms with E-state index in [1.165, 1.54) is 0 Å². The van der Waals surface area contributed by atoms with Crippen molar-refractivity contribution in [3.8, 4) is 0 Å². The van der Waals surface area contributed by atoms with Crippen LogP contribution < -0.4 is 15.5 Å². The predicted octanol–water partition coefficient (Wildman–Crippen LogP) is 0.141. The minimum atomic E-state index is -0.280. The van der Waals surface area contributed by atoms with E-state index in [2.05, 4.69) is 15.6 Å². The fourth-order valence-electron chi connectivity index (χ4n) is 2.11. The lowest BCUT2D eigenvalue weighted by Gasteiger charge is -2.29. The van der Waals surface area contributed by atoms with Gasteiger partial charge in [0.2, 0.25) is 5.91 Å². The molecule has 0 aliphatic carbocycles. The number of nitrogens with zero attached hydrogens (tertiary/aromatic N) is 2. The van der Waals surface area contributed by atoms with E-state index in [-0.39, 0.29) is 18.1 Å². The quantitative estimate of drug-likeness (QED) is 0.820. The van der Waals surface area contributed by atoms with Crippen molar-refractivity contribution < 1.29 is 9.53 Å². The second kappa shape index (κ2) is 6.67. The fraction of sp³-hybridized carbons (Fsp3) is 0.571. The number of hydrogen-bond donors (Lipinski definition) is 2. The van der Waals surface area contributed by atoms with Gasteiger partial charge in [0.25, 0.3) is 0 Å². The molecule has 2 heterocycles. The van der Waals surface area contributed by atoms with Crippen LogP contribution in [0.3, 0.4) is 0 Å². The Morgan fingerprint density at radius 1 is 1.55 bits per heavy atom. The van der Waals surface area contributed by atoms with Crippen LogP contribution in [-0.4, -0.2) is 50.3 Å². The van der Waals surface area contributed by atoms with Gasteiger partial charge in [-0.2, -0.15) is 0 Å². The summed E-state index contributed by atoms with van der Waals surface area (Å²) in [6.45, 7) is 3.75. The Morgan fingerprint density at radius 3 is 2.95 bits per heavy atom. The molecule has 110 valence electrons. The standard InChI is InChI=1S/C14H22N4O2/c1-10-13(15-6-7-20-10)14(19)17-9-11-4-5-12(16-8-11)18(2)3/h4-5,8,10,13,15H,6-7,9H2,1-3H3,(H,17,19)/t10-,13+/m1/s1. The van der Waals surface area contributed by atoms with E-state index >= 15 is 0 Å². The van der Waals surface area contributed by atoms with Gasteiger partial charge in [0.1, 0.15) is 11.9 Å². The summed E-state index contributed by atoms with van der Waals surface area (Å²) in [5.74, 6) is 0.866. The molecular formula is C14H22N4O2. The zero-order chi connectivity index (χ0) is 14.5. The Labute approximate surface area is 119 Å². The molecular weight excluding hydrogens is 256 g/mol. The van der Waals surface area contributed by atoms with Crippen molar-refractivity contribution in [3.05, 3.63) is 23.9 Å². The van der Waals surface area contributed by atoms with E-state index in [4.69, 9.17) is 4.74 Å². The fourth-order valence-corrected chi connectivity index (χ4v) is 2.11. The number of morpholine rings is 1. The van der Waals surface area contributed by atoms with Crippen LogP contribution in [0.1, 0.15) is 12.5 Å². The number of aromatic nitrogens is 1. The summed E-state index contributed by atoms with van der Waals surface area (Å²) in [7, 11) is 3.89. The number of rotatable bonds is 4. The number of nitrogens with one attached hydrogen (secondary N) is 2. The summed E-state index contributed by atoms with van der Waals surface area (Å²) in [5.41, 5.74) is 0.980. The largest absolute Gasteiger partial charge is 0.375 e. The second-order valence-electron chi connectivity index (χ2n) is 5.14. The molecule has 1 amide bonds. The van der Waals surface area contributed by atoms with E-state index in [1.54, 1.807) is 6.20 Å². The molecule has 2 atom stereocenters. The lowest BCUT2D eigenvalue weighted by atomic mass is 10.1. The molecule has 1 aromatic heterocycles. The number of pyridine rings is 1. The van der Waals surface area contributed by atoms with Crippen LogP contribution in [0, 0.1) is 0 Å². The first kappa shape index (κ1) is 14.7. The molecule has 6 heteroatoms. The lowest BCUT2D eigenvalue weighted by Crippen LogP contribution is -2.55. The number of hydrogen-bond acceptors (Lipinski definition) is 5. The monoisotopic (exact) mass is 278 g/mol. The smallest absolute Gasteiger partial charge is 0.240 e. The Balaban J connectivity index is 1.86. The highest BCUT2D eigenvalue weighted by Crippen LogP contribution is 2.08. The zero-order valence-electron chi connectivity index (χ0n) is 12.2. The van der Waals surface area contributed by atoms with Crippen LogP contribution in [-0.2, 0) is 16.1 Å². The van der Waals surface area contributed by atoms with Gasteiger partial charge < -0.3 is 20.3 Å². The normalized spacial score (nSPS) is 22.4. The third kappa shape index (κ3) is 3.68. The van der Waals surface area contributed by atoms with Crippen molar-refractivity contribution in [2.45, 2.75) is 25.6 Å². The van der Waals surface area contributed by atoms with Gasteiger partial charge in [0.15, 0.2) is 0 Å². The predicted molar refractivity (Wildman–Crippen MR) is 77.6 cm³/mol. The minimum Gasteiger partial charge on any atom is -0.375 e. The van der Waals surface area contributed by atoms with Crippen molar-refractivity contribution in [2.75, 3.05) is 32.1 Å². The SMILES string of the molecule is C[C@H]1OCCN[C@@H]1C(=O)NCc1ccc(N(C)C)nc1. The summed E-state index contributed by atoms with van der Waals surface area (Å²) in [5, 5.41) is 6.08. The molecule has 1 aromatic rings. The van der Waals surface area contributed by atoms with E-state index in [9.17, 15) is 4.79 Å². The van der Waals surface area contributed by atoms with Crippen LogP contribution in [0.15, 0.2) is 18.3 Å². The van der Waals surface area contributed by atoms with Gasteiger partial charge in [-0.15, -0.1) is 0 Å². The molecule has 0 saturated carbocycles. The molecule has 1 fully saturated rings. The third-order valence-corrected chi connectivity index (χ3v) is 3.33. The Hall–Kier alpha value is -1.66. The van der Waals surface area contributed by atoms with Crippen LogP contribution >= 0.6 is 0 Å². The molecule has 6 nitrogen and oxygen atoms in total. The first-order valence-corrected chi connectivity index (χ1v) is 6.83. The van der Waals surface area contributed by atoms with E-state index in [0.29, 0.717) is 19.7 Å². The van der Waals surface area contributed by atoms with Gasteiger partial charge in [-0.3, -0.25) is 4.79 Å². The number of anilines is 1. The number of carbonyl (C=O) groups is 1. The molecule has 0 bridgehead atoms. The van der Waals surface area contributed by atoms with E-state index < -0.39 is 0 Å². The van der Waals surface area contributed by atoms with Crippen molar-refractivity contribution in [1.82, 2.24) is 15.6 Å². The highest BCUT2D eigenvalue weighted by atomic mass is 16.5. The maximum atomic E-state index is 12.1. The molecule has 0 unspecified atom stereocenters. The average Bonchev–Trinajstić information content (AvgIpc) is 2.45. The minimum absolute atomic E-state index is 0.0334. The van der Waals surface area contributed by atoms with E-state index in [1.807, 2.05) is 38.1 Å². The Morgan fingerprint density at radius 2 is 2.35 bits per heavy atom. The number of ether oxygens (including phenoxy) is 1. The Bertz CT molecular complexity index is 447. The van der Waals surface area contributed by atoms with Crippen LogP contribution in [0.25, 0.3) is 0 Å². The van der Waals surface area contributed by atoms with Crippen molar-refractivity contribution in [3.63, 3.8) is 0 Å². The van der Waals surface area contributed by atoms with Crippen LogP contribution in [0.4, 0.5) is 5.82 Å². The first-order chi connectivity index (χ1) is 9.58.